The summed E-state index contributed by atoms with van der Waals surface area (Å²) in [4.78, 5) is 0. The van der Waals surface area contributed by atoms with E-state index in [9.17, 15) is 0 Å². The molecule has 0 bridgehead atoms. The summed E-state index contributed by atoms with van der Waals surface area (Å²) in [5.74, 6) is 0. The van der Waals surface area contributed by atoms with Gasteiger partial charge < -0.3 is 10.5 Å². The second-order valence-corrected chi connectivity index (χ2v) is 3.10. The standard InChI is InChI=1S/C8H13N3O/c9-7-5-10-11(6-7)8-1-3-12-4-2-8/h5-6,8H,1-4,9H2. The lowest BCUT2D eigenvalue weighted by atomic mass is 10.1. The molecule has 0 aromatic carbocycles. The highest BCUT2D eigenvalue weighted by atomic mass is 16.5. The fourth-order valence-electron chi connectivity index (χ4n) is 1.50. The van der Waals surface area contributed by atoms with Gasteiger partial charge in [-0.15, -0.1) is 0 Å². The van der Waals surface area contributed by atoms with Crippen LogP contribution in [0.5, 0.6) is 0 Å². The van der Waals surface area contributed by atoms with Crippen LogP contribution in [0.3, 0.4) is 0 Å². The van der Waals surface area contributed by atoms with E-state index in [2.05, 4.69) is 5.10 Å². The molecule has 4 nitrogen and oxygen atoms in total. The molecule has 0 aliphatic carbocycles. The number of nitrogens with zero attached hydrogens (tertiary/aromatic N) is 2. The van der Waals surface area contributed by atoms with E-state index in [1.807, 2.05) is 10.9 Å². The van der Waals surface area contributed by atoms with Crippen LogP contribution in [0.25, 0.3) is 0 Å². The molecular weight excluding hydrogens is 154 g/mol. The lowest BCUT2D eigenvalue weighted by Crippen LogP contribution is -2.19. The molecule has 2 rings (SSSR count). The Hall–Kier alpha value is -1.03. The lowest BCUT2D eigenvalue weighted by molar-refractivity contribution is 0.0662. The van der Waals surface area contributed by atoms with Crippen molar-refractivity contribution in [3.05, 3.63) is 12.4 Å². The zero-order valence-corrected chi connectivity index (χ0v) is 6.94. The van der Waals surface area contributed by atoms with Gasteiger partial charge in [-0.3, -0.25) is 4.68 Å². The molecule has 0 amide bonds. The summed E-state index contributed by atoms with van der Waals surface area (Å²) in [6.07, 6.45) is 5.66. The first-order chi connectivity index (χ1) is 5.86. The molecule has 12 heavy (non-hydrogen) atoms. The summed E-state index contributed by atoms with van der Waals surface area (Å²) in [6.45, 7) is 1.68. The highest BCUT2D eigenvalue weighted by Gasteiger charge is 2.15. The molecule has 66 valence electrons. The molecule has 2 heterocycles. The predicted molar refractivity (Wildman–Crippen MR) is 45.7 cm³/mol. The van der Waals surface area contributed by atoms with Crippen molar-refractivity contribution in [2.45, 2.75) is 18.9 Å². The normalized spacial score (nSPS) is 19.7. The SMILES string of the molecule is Nc1cnn(C2CCOCC2)c1. The molecule has 1 aromatic heterocycles. The largest absolute Gasteiger partial charge is 0.396 e. The second-order valence-electron chi connectivity index (χ2n) is 3.10. The fraction of sp³-hybridized carbons (Fsp3) is 0.625. The molecule has 2 N–H and O–H groups in total. The summed E-state index contributed by atoms with van der Waals surface area (Å²) in [5, 5.41) is 4.18. The van der Waals surface area contributed by atoms with Crippen LogP contribution in [-0.4, -0.2) is 23.0 Å². The van der Waals surface area contributed by atoms with E-state index >= 15 is 0 Å². The number of aromatic nitrogens is 2. The van der Waals surface area contributed by atoms with E-state index in [4.69, 9.17) is 10.5 Å². The second kappa shape index (κ2) is 3.15. The Kier molecular flexibility index (Phi) is 1.99. The first-order valence-electron chi connectivity index (χ1n) is 4.23. The number of anilines is 1. The van der Waals surface area contributed by atoms with Gasteiger partial charge in [0.15, 0.2) is 0 Å². The molecule has 1 fully saturated rings. The van der Waals surface area contributed by atoms with Crippen molar-refractivity contribution in [3.8, 4) is 0 Å². The van der Waals surface area contributed by atoms with E-state index in [-0.39, 0.29) is 0 Å². The third kappa shape index (κ3) is 1.43. The maximum absolute atomic E-state index is 5.57. The average molecular weight is 167 g/mol. The minimum atomic E-state index is 0.482. The van der Waals surface area contributed by atoms with Crippen molar-refractivity contribution in [2.75, 3.05) is 18.9 Å². The van der Waals surface area contributed by atoms with Crippen molar-refractivity contribution < 1.29 is 4.74 Å². The topological polar surface area (TPSA) is 53.1 Å². The Morgan fingerprint density at radius 3 is 2.83 bits per heavy atom. The van der Waals surface area contributed by atoms with Crippen molar-refractivity contribution in [3.63, 3.8) is 0 Å². The maximum atomic E-state index is 5.57. The van der Waals surface area contributed by atoms with Gasteiger partial charge >= 0.3 is 0 Å². The van der Waals surface area contributed by atoms with Gasteiger partial charge in [0.1, 0.15) is 0 Å². The summed E-state index contributed by atoms with van der Waals surface area (Å²) in [5.41, 5.74) is 6.31. The minimum absolute atomic E-state index is 0.482. The van der Waals surface area contributed by atoms with Crippen LogP contribution in [0.2, 0.25) is 0 Å². The molecule has 0 radical (unpaired) electrons. The monoisotopic (exact) mass is 167 g/mol. The van der Waals surface area contributed by atoms with Crippen LogP contribution >= 0.6 is 0 Å². The highest BCUT2D eigenvalue weighted by Crippen LogP contribution is 2.20. The first-order valence-corrected chi connectivity index (χ1v) is 4.23. The molecule has 4 heteroatoms. The molecule has 0 atom stereocenters. The van der Waals surface area contributed by atoms with Crippen LogP contribution in [0.4, 0.5) is 5.69 Å². The molecule has 1 aliphatic heterocycles. The number of nitrogen functional groups attached to an aromatic ring is 1. The van der Waals surface area contributed by atoms with Crippen molar-refractivity contribution >= 4 is 5.69 Å². The van der Waals surface area contributed by atoms with Crippen LogP contribution in [0.1, 0.15) is 18.9 Å². The van der Waals surface area contributed by atoms with Crippen molar-refractivity contribution in [1.29, 1.82) is 0 Å². The lowest BCUT2D eigenvalue weighted by Gasteiger charge is -2.22. The zero-order chi connectivity index (χ0) is 8.39. The van der Waals surface area contributed by atoms with Crippen molar-refractivity contribution in [2.24, 2.45) is 0 Å². The van der Waals surface area contributed by atoms with Crippen molar-refractivity contribution in [1.82, 2.24) is 9.78 Å². The van der Waals surface area contributed by atoms with Crippen LogP contribution in [0, 0.1) is 0 Å². The van der Waals surface area contributed by atoms with E-state index in [0.29, 0.717) is 6.04 Å². The summed E-state index contributed by atoms with van der Waals surface area (Å²) < 4.78 is 7.20. The van der Waals surface area contributed by atoms with Crippen LogP contribution in [0.15, 0.2) is 12.4 Å². The third-order valence-electron chi connectivity index (χ3n) is 2.19. The Labute approximate surface area is 71.3 Å². The predicted octanol–water partition coefficient (Wildman–Crippen LogP) is 0.817. The number of rotatable bonds is 1. The fourth-order valence-corrected chi connectivity index (χ4v) is 1.50. The van der Waals surface area contributed by atoms with Crippen LogP contribution < -0.4 is 5.73 Å². The summed E-state index contributed by atoms with van der Waals surface area (Å²) >= 11 is 0. The Morgan fingerprint density at radius 2 is 2.25 bits per heavy atom. The Morgan fingerprint density at radius 1 is 1.50 bits per heavy atom. The molecule has 0 saturated carbocycles. The Balaban J connectivity index is 2.08. The minimum Gasteiger partial charge on any atom is -0.396 e. The van der Waals surface area contributed by atoms with E-state index in [1.165, 1.54) is 0 Å². The number of hydrogen-bond donors (Lipinski definition) is 1. The van der Waals surface area contributed by atoms with Gasteiger partial charge in [-0.1, -0.05) is 0 Å². The van der Waals surface area contributed by atoms with Gasteiger partial charge in [-0.05, 0) is 12.8 Å². The average Bonchev–Trinajstić information content (AvgIpc) is 2.54. The van der Waals surface area contributed by atoms with E-state index in [1.54, 1.807) is 6.20 Å². The Bertz CT molecular complexity index is 253. The van der Waals surface area contributed by atoms with Gasteiger partial charge in [0.05, 0.1) is 17.9 Å². The van der Waals surface area contributed by atoms with Gasteiger partial charge in [0.2, 0.25) is 0 Å². The van der Waals surface area contributed by atoms with Gasteiger partial charge in [-0.25, -0.2) is 0 Å². The maximum Gasteiger partial charge on any atom is 0.0719 e. The van der Waals surface area contributed by atoms with Gasteiger partial charge in [0.25, 0.3) is 0 Å². The molecule has 0 spiro atoms. The molecular formula is C8H13N3O. The summed E-state index contributed by atoms with van der Waals surface area (Å²) in [6, 6.07) is 0.482. The first kappa shape index (κ1) is 7.61. The molecule has 1 aliphatic rings. The number of hydrogen-bond acceptors (Lipinski definition) is 3. The molecule has 1 aromatic rings. The van der Waals surface area contributed by atoms with Gasteiger partial charge in [-0.2, -0.15) is 5.10 Å². The number of ether oxygens (including phenoxy) is 1. The van der Waals surface area contributed by atoms with Crippen LogP contribution in [-0.2, 0) is 4.74 Å². The van der Waals surface area contributed by atoms with E-state index in [0.717, 1.165) is 31.7 Å². The summed E-state index contributed by atoms with van der Waals surface area (Å²) in [7, 11) is 0. The smallest absolute Gasteiger partial charge is 0.0719 e. The number of nitrogens with two attached hydrogens (primary N) is 1. The highest BCUT2D eigenvalue weighted by molar-refractivity contribution is 5.30. The zero-order valence-electron chi connectivity index (χ0n) is 6.94. The molecule has 1 saturated heterocycles. The van der Waals surface area contributed by atoms with E-state index < -0.39 is 0 Å². The van der Waals surface area contributed by atoms with Gasteiger partial charge in [0, 0.05) is 19.4 Å². The molecule has 0 unspecified atom stereocenters. The quantitative estimate of drug-likeness (QED) is 0.673. The third-order valence-corrected chi connectivity index (χ3v) is 2.19.